The Balaban J connectivity index is 2.20. The van der Waals surface area contributed by atoms with Crippen LogP contribution < -0.4 is 4.74 Å². The summed E-state index contributed by atoms with van der Waals surface area (Å²) < 4.78 is 18.4. The van der Waals surface area contributed by atoms with E-state index in [2.05, 4.69) is 11.1 Å². The van der Waals surface area contributed by atoms with Crippen molar-refractivity contribution < 1.29 is 14.2 Å². The minimum Gasteiger partial charge on any atom is -0.504 e. The lowest BCUT2D eigenvalue weighted by molar-refractivity contribution is 0.373. The van der Waals surface area contributed by atoms with Crippen molar-refractivity contribution in [1.82, 2.24) is 4.98 Å². The van der Waals surface area contributed by atoms with Crippen LogP contribution in [0.5, 0.6) is 11.5 Å². The fraction of sp³-hybridized carbons (Fsp3) is 0.100. The highest BCUT2D eigenvalue weighted by atomic mass is 19.1. The number of methoxy groups -OCH3 is 1. The summed E-state index contributed by atoms with van der Waals surface area (Å²) in [7, 11) is 1.47. The molecule has 2 aromatic carbocycles. The molecule has 3 rings (SSSR count). The molecule has 5 heteroatoms. The van der Waals surface area contributed by atoms with Gasteiger partial charge in [-0.15, -0.1) is 0 Å². The van der Waals surface area contributed by atoms with Crippen molar-refractivity contribution in [3.05, 3.63) is 65.6 Å². The van der Waals surface area contributed by atoms with Gasteiger partial charge in [-0.2, -0.15) is 5.26 Å². The molecule has 1 heterocycles. The number of rotatable bonds is 3. The van der Waals surface area contributed by atoms with E-state index < -0.39 is 0 Å². The molecule has 0 aliphatic rings. The Kier molecular flexibility index (Phi) is 4.36. The van der Waals surface area contributed by atoms with E-state index in [4.69, 9.17) is 4.74 Å². The van der Waals surface area contributed by atoms with Gasteiger partial charge in [0.05, 0.1) is 24.1 Å². The number of benzene rings is 2. The van der Waals surface area contributed by atoms with Crippen LogP contribution in [0.3, 0.4) is 0 Å². The molecular formula is C20H15FN2O2. The van der Waals surface area contributed by atoms with Crippen LogP contribution >= 0.6 is 0 Å². The average molecular weight is 334 g/mol. The summed E-state index contributed by atoms with van der Waals surface area (Å²) in [6, 6.07) is 14.9. The molecule has 0 amide bonds. The van der Waals surface area contributed by atoms with Crippen LogP contribution in [0.15, 0.2) is 48.5 Å². The Morgan fingerprint density at radius 2 is 1.76 bits per heavy atom. The van der Waals surface area contributed by atoms with E-state index in [1.165, 1.54) is 25.3 Å². The maximum Gasteiger partial charge on any atom is 0.161 e. The largest absolute Gasteiger partial charge is 0.504 e. The van der Waals surface area contributed by atoms with E-state index in [1.54, 1.807) is 37.3 Å². The third-order valence-corrected chi connectivity index (χ3v) is 3.94. The smallest absolute Gasteiger partial charge is 0.161 e. The molecule has 1 aromatic heterocycles. The van der Waals surface area contributed by atoms with E-state index in [-0.39, 0.29) is 11.6 Å². The number of phenols is 1. The first-order chi connectivity index (χ1) is 12.0. The Bertz CT molecular complexity index is 976. The first-order valence-electron chi connectivity index (χ1n) is 7.58. The standard InChI is InChI=1S/C20H15FN2O2/c1-12-17(11-22)16(13-3-6-15(21)7-4-13)10-18(23-12)14-5-8-19(24)20(9-14)25-2/h3-10,24H,1-2H3. The van der Waals surface area contributed by atoms with Crippen LogP contribution in [0.2, 0.25) is 0 Å². The Hall–Kier alpha value is -3.39. The van der Waals surface area contributed by atoms with Crippen molar-refractivity contribution in [2.24, 2.45) is 0 Å². The lowest BCUT2D eigenvalue weighted by atomic mass is 9.97. The van der Waals surface area contributed by atoms with Crippen LogP contribution in [0.25, 0.3) is 22.4 Å². The lowest BCUT2D eigenvalue weighted by Crippen LogP contribution is -1.96. The Morgan fingerprint density at radius 3 is 2.40 bits per heavy atom. The highest BCUT2D eigenvalue weighted by Crippen LogP contribution is 2.34. The highest BCUT2D eigenvalue weighted by molar-refractivity contribution is 5.77. The van der Waals surface area contributed by atoms with Crippen molar-refractivity contribution in [3.63, 3.8) is 0 Å². The van der Waals surface area contributed by atoms with E-state index in [0.717, 1.165) is 11.1 Å². The second-order valence-corrected chi connectivity index (χ2v) is 5.52. The summed E-state index contributed by atoms with van der Waals surface area (Å²) >= 11 is 0. The maximum atomic E-state index is 13.2. The number of nitriles is 1. The second kappa shape index (κ2) is 6.62. The SMILES string of the molecule is COc1cc(-c2cc(-c3ccc(F)cc3)c(C#N)c(C)n2)ccc1O. The molecule has 0 atom stereocenters. The molecule has 4 nitrogen and oxygen atoms in total. The fourth-order valence-corrected chi connectivity index (χ4v) is 2.66. The number of nitrogens with zero attached hydrogens (tertiary/aromatic N) is 2. The van der Waals surface area contributed by atoms with Gasteiger partial charge in [0.15, 0.2) is 11.5 Å². The molecule has 25 heavy (non-hydrogen) atoms. The fourth-order valence-electron chi connectivity index (χ4n) is 2.66. The topological polar surface area (TPSA) is 66.1 Å². The van der Waals surface area contributed by atoms with Gasteiger partial charge in [-0.05, 0) is 48.9 Å². The third-order valence-electron chi connectivity index (χ3n) is 3.94. The zero-order chi connectivity index (χ0) is 18.0. The molecule has 0 spiro atoms. The summed E-state index contributed by atoms with van der Waals surface area (Å²) in [4.78, 5) is 4.49. The van der Waals surface area contributed by atoms with Crippen LogP contribution in [-0.4, -0.2) is 17.2 Å². The first kappa shape index (κ1) is 16.5. The number of aromatic hydroxyl groups is 1. The summed E-state index contributed by atoms with van der Waals surface area (Å²) in [5.74, 6) is 0.0385. The third kappa shape index (κ3) is 3.15. The number of phenolic OH excluding ortho intramolecular Hbond substituents is 1. The second-order valence-electron chi connectivity index (χ2n) is 5.52. The number of ether oxygens (including phenoxy) is 1. The van der Waals surface area contributed by atoms with Gasteiger partial charge in [0.1, 0.15) is 11.9 Å². The van der Waals surface area contributed by atoms with Gasteiger partial charge >= 0.3 is 0 Å². The van der Waals surface area contributed by atoms with E-state index in [9.17, 15) is 14.8 Å². The molecule has 0 bridgehead atoms. The van der Waals surface area contributed by atoms with Crippen molar-refractivity contribution in [2.45, 2.75) is 6.92 Å². The molecule has 1 N–H and O–H groups in total. The van der Waals surface area contributed by atoms with Gasteiger partial charge in [-0.3, -0.25) is 4.98 Å². The molecule has 0 fully saturated rings. The lowest BCUT2D eigenvalue weighted by Gasteiger charge is -2.12. The molecule has 3 aromatic rings. The maximum absolute atomic E-state index is 13.2. The van der Waals surface area contributed by atoms with Gasteiger partial charge < -0.3 is 9.84 Å². The van der Waals surface area contributed by atoms with Gasteiger partial charge in [0, 0.05) is 11.1 Å². The van der Waals surface area contributed by atoms with E-state index in [1.807, 2.05) is 0 Å². The van der Waals surface area contributed by atoms with Gasteiger partial charge in [-0.1, -0.05) is 12.1 Å². The van der Waals surface area contributed by atoms with Gasteiger partial charge in [0.25, 0.3) is 0 Å². The number of hydrogen-bond donors (Lipinski definition) is 1. The Labute approximate surface area is 144 Å². The molecule has 0 saturated heterocycles. The zero-order valence-electron chi connectivity index (χ0n) is 13.7. The number of halogens is 1. The molecule has 0 aliphatic carbocycles. The van der Waals surface area contributed by atoms with Crippen molar-refractivity contribution in [1.29, 1.82) is 5.26 Å². The minimum atomic E-state index is -0.337. The number of aryl methyl sites for hydroxylation is 1. The molecule has 0 unspecified atom stereocenters. The summed E-state index contributed by atoms with van der Waals surface area (Å²) in [5.41, 5.74) is 3.81. The van der Waals surface area contributed by atoms with Gasteiger partial charge in [0.2, 0.25) is 0 Å². The molecular weight excluding hydrogens is 319 g/mol. The van der Waals surface area contributed by atoms with Gasteiger partial charge in [-0.25, -0.2) is 4.39 Å². The van der Waals surface area contributed by atoms with Crippen LogP contribution in [-0.2, 0) is 0 Å². The Morgan fingerprint density at radius 1 is 1.08 bits per heavy atom. The van der Waals surface area contributed by atoms with Crippen LogP contribution in [0, 0.1) is 24.1 Å². The molecule has 0 aliphatic heterocycles. The highest BCUT2D eigenvalue weighted by Gasteiger charge is 2.14. The van der Waals surface area contributed by atoms with Crippen molar-refractivity contribution in [3.8, 4) is 40.0 Å². The predicted octanol–water partition coefficient (Wildman–Crippen LogP) is 4.45. The first-order valence-corrected chi connectivity index (χ1v) is 7.58. The average Bonchev–Trinajstić information content (AvgIpc) is 2.62. The van der Waals surface area contributed by atoms with E-state index in [0.29, 0.717) is 28.3 Å². The summed E-state index contributed by atoms with van der Waals surface area (Å²) in [5, 5.41) is 19.2. The van der Waals surface area contributed by atoms with Crippen molar-refractivity contribution in [2.75, 3.05) is 7.11 Å². The number of aromatic nitrogens is 1. The number of pyridine rings is 1. The predicted molar refractivity (Wildman–Crippen MR) is 92.7 cm³/mol. The normalized spacial score (nSPS) is 10.3. The van der Waals surface area contributed by atoms with Crippen LogP contribution in [0.4, 0.5) is 4.39 Å². The summed E-state index contributed by atoms with van der Waals surface area (Å²) in [6.45, 7) is 1.76. The summed E-state index contributed by atoms with van der Waals surface area (Å²) in [6.07, 6.45) is 0. The minimum absolute atomic E-state index is 0.0374. The quantitative estimate of drug-likeness (QED) is 0.768. The molecule has 124 valence electrons. The molecule has 0 radical (unpaired) electrons. The van der Waals surface area contributed by atoms with Crippen LogP contribution in [0.1, 0.15) is 11.3 Å². The zero-order valence-corrected chi connectivity index (χ0v) is 13.7. The number of hydrogen-bond acceptors (Lipinski definition) is 4. The van der Waals surface area contributed by atoms with Crippen molar-refractivity contribution >= 4 is 0 Å². The van der Waals surface area contributed by atoms with E-state index >= 15 is 0 Å². The monoisotopic (exact) mass is 334 g/mol. The molecule has 0 saturated carbocycles.